The normalized spacial score (nSPS) is 17.3. The minimum absolute atomic E-state index is 0.151. The zero-order valence-electron chi connectivity index (χ0n) is 19.7. The Morgan fingerprint density at radius 1 is 1.18 bits per heavy atom. The van der Waals surface area contributed by atoms with Crippen LogP contribution in [0.25, 0.3) is 0 Å². The second kappa shape index (κ2) is 12.1. The zero-order valence-corrected chi connectivity index (χ0v) is 19.7. The van der Waals surface area contributed by atoms with Gasteiger partial charge >= 0.3 is 0 Å². The highest BCUT2D eigenvalue weighted by molar-refractivity contribution is 5.93. The van der Waals surface area contributed by atoms with E-state index in [1.165, 1.54) is 11.2 Å². The van der Waals surface area contributed by atoms with Crippen molar-refractivity contribution in [1.29, 1.82) is 0 Å². The van der Waals surface area contributed by atoms with Gasteiger partial charge in [0.2, 0.25) is 17.7 Å². The van der Waals surface area contributed by atoms with Crippen molar-refractivity contribution < 1.29 is 19.2 Å². The third kappa shape index (κ3) is 7.00. The molecule has 2 heterocycles. The Bertz CT molecular complexity index is 961. The van der Waals surface area contributed by atoms with Crippen LogP contribution in [0.2, 0.25) is 0 Å². The van der Waals surface area contributed by atoms with Gasteiger partial charge in [0.25, 0.3) is 0 Å². The van der Waals surface area contributed by atoms with Gasteiger partial charge in [0.15, 0.2) is 0 Å². The molecule has 34 heavy (non-hydrogen) atoms. The van der Waals surface area contributed by atoms with E-state index in [1.54, 1.807) is 6.20 Å². The first-order chi connectivity index (χ1) is 16.4. The van der Waals surface area contributed by atoms with Gasteiger partial charge in [0.1, 0.15) is 18.4 Å². The summed E-state index contributed by atoms with van der Waals surface area (Å²) in [5.74, 6) is -0.724. The highest BCUT2D eigenvalue weighted by Gasteiger charge is 2.38. The monoisotopic (exact) mass is 467 g/mol. The first kappa shape index (κ1) is 25.1. The molecule has 1 aromatic heterocycles. The number of imidazole rings is 1. The molecule has 0 radical (unpaired) electrons. The van der Waals surface area contributed by atoms with Gasteiger partial charge in [-0.1, -0.05) is 44.2 Å². The van der Waals surface area contributed by atoms with Crippen LogP contribution in [0.1, 0.15) is 44.4 Å². The van der Waals surface area contributed by atoms with Gasteiger partial charge in [0.05, 0.1) is 12.4 Å². The number of carbonyl (C=O) groups is 4. The van der Waals surface area contributed by atoms with Crippen molar-refractivity contribution in [1.82, 2.24) is 25.5 Å². The van der Waals surface area contributed by atoms with Crippen molar-refractivity contribution in [3.05, 3.63) is 54.1 Å². The van der Waals surface area contributed by atoms with Crippen LogP contribution in [0.3, 0.4) is 0 Å². The summed E-state index contributed by atoms with van der Waals surface area (Å²) in [6.07, 6.45) is 5.96. The van der Waals surface area contributed by atoms with Crippen molar-refractivity contribution in [2.45, 2.75) is 64.1 Å². The lowest BCUT2D eigenvalue weighted by Crippen LogP contribution is -2.55. The van der Waals surface area contributed by atoms with Crippen molar-refractivity contribution >= 4 is 24.0 Å². The molecule has 1 aromatic carbocycles. The maximum atomic E-state index is 13.5. The average Bonchev–Trinajstić information content (AvgIpc) is 3.50. The van der Waals surface area contributed by atoms with Gasteiger partial charge < -0.3 is 25.3 Å². The third-order valence-corrected chi connectivity index (χ3v) is 5.83. The maximum absolute atomic E-state index is 13.5. The Labute approximate surface area is 199 Å². The third-order valence-electron chi connectivity index (χ3n) is 5.83. The van der Waals surface area contributed by atoms with E-state index in [-0.39, 0.29) is 30.1 Å². The van der Waals surface area contributed by atoms with Crippen LogP contribution in [0.15, 0.2) is 42.9 Å². The molecule has 1 saturated heterocycles. The lowest BCUT2D eigenvalue weighted by Gasteiger charge is -2.29. The Hall–Kier alpha value is -3.49. The number of nitrogens with zero attached hydrogens (tertiary/aromatic N) is 2. The maximum Gasteiger partial charge on any atom is 0.246 e. The molecule has 0 bridgehead atoms. The zero-order chi connectivity index (χ0) is 24.5. The second-order valence-electron chi connectivity index (χ2n) is 9.13. The molecular formula is C25H33N5O4. The molecule has 0 saturated carbocycles. The summed E-state index contributed by atoms with van der Waals surface area (Å²) in [4.78, 5) is 59.1. The Morgan fingerprint density at radius 3 is 2.59 bits per heavy atom. The molecule has 1 fully saturated rings. The molecular weight excluding hydrogens is 434 g/mol. The molecule has 3 rings (SSSR count). The van der Waals surface area contributed by atoms with Gasteiger partial charge in [-0.15, -0.1) is 0 Å². The summed E-state index contributed by atoms with van der Waals surface area (Å²) in [5.41, 5.74) is 1.65. The smallest absolute Gasteiger partial charge is 0.246 e. The van der Waals surface area contributed by atoms with E-state index in [2.05, 4.69) is 20.6 Å². The van der Waals surface area contributed by atoms with E-state index in [9.17, 15) is 19.2 Å². The van der Waals surface area contributed by atoms with Crippen LogP contribution in [0.5, 0.6) is 0 Å². The van der Waals surface area contributed by atoms with E-state index >= 15 is 0 Å². The van der Waals surface area contributed by atoms with Gasteiger partial charge in [-0.3, -0.25) is 14.4 Å². The number of H-pyrrole nitrogens is 1. The molecule has 3 atom stereocenters. The number of nitrogens with one attached hydrogen (secondary N) is 3. The van der Waals surface area contributed by atoms with E-state index in [0.717, 1.165) is 11.8 Å². The second-order valence-corrected chi connectivity index (χ2v) is 9.13. The summed E-state index contributed by atoms with van der Waals surface area (Å²) in [6, 6.07) is 7.26. The van der Waals surface area contributed by atoms with Crippen molar-refractivity contribution in [3.63, 3.8) is 0 Å². The number of amides is 3. The fraction of sp³-hybridized carbons (Fsp3) is 0.480. The average molecular weight is 468 g/mol. The molecule has 2 aromatic rings. The van der Waals surface area contributed by atoms with Crippen LogP contribution < -0.4 is 10.6 Å². The Kier molecular flexibility index (Phi) is 8.95. The number of rotatable bonds is 11. The first-order valence-electron chi connectivity index (χ1n) is 11.7. The van der Waals surface area contributed by atoms with Crippen LogP contribution in [-0.2, 0) is 32.0 Å². The SMILES string of the molecule is CC(C)CC(=O)N[C@@H](Cc1cnc[nH]1)C(=O)N1CCC[C@H]1C(=O)N[C@H](C=O)Cc1ccccc1. The number of hydrogen-bond acceptors (Lipinski definition) is 5. The number of hydrogen-bond donors (Lipinski definition) is 3. The van der Waals surface area contributed by atoms with Crippen LogP contribution in [-0.4, -0.2) is 63.5 Å². The molecule has 3 N–H and O–H groups in total. The van der Waals surface area contributed by atoms with Crippen molar-refractivity contribution in [3.8, 4) is 0 Å². The molecule has 3 amide bonds. The number of aromatic amines is 1. The van der Waals surface area contributed by atoms with Crippen molar-refractivity contribution in [2.75, 3.05) is 6.54 Å². The summed E-state index contributed by atoms with van der Waals surface area (Å²) in [7, 11) is 0. The van der Waals surface area contributed by atoms with Gasteiger partial charge in [0, 0.05) is 31.3 Å². The molecule has 0 aliphatic carbocycles. The highest BCUT2D eigenvalue weighted by Crippen LogP contribution is 2.20. The van der Waals surface area contributed by atoms with E-state index in [1.807, 2.05) is 44.2 Å². The predicted molar refractivity (Wildman–Crippen MR) is 127 cm³/mol. The van der Waals surface area contributed by atoms with Crippen molar-refractivity contribution in [2.24, 2.45) is 5.92 Å². The Balaban J connectivity index is 1.69. The van der Waals surface area contributed by atoms with E-state index < -0.39 is 18.1 Å². The highest BCUT2D eigenvalue weighted by atomic mass is 16.2. The number of aldehydes is 1. The number of aromatic nitrogens is 2. The predicted octanol–water partition coefficient (Wildman–Crippen LogP) is 1.40. The molecule has 9 heteroatoms. The van der Waals surface area contributed by atoms with Crippen LogP contribution in [0, 0.1) is 5.92 Å². The van der Waals surface area contributed by atoms with Gasteiger partial charge in [-0.25, -0.2) is 4.98 Å². The molecule has 1 aliphatic heterocycles. The Morgan fingerprint density at radius 2 is 1.94 bits per heavy atom. The molecule has 9 nitrogen and oxygen atoms in total. The fourth-order valence-electron chi connectivity index (χ4n) is 4.22. The number of likely N-dealkylation sites (tertiary alicyclic amines) is 1. The minimum Gasteiger partial charge on any atom is -0.348 e. The standard InChI is InChI=1S/C25H33N5O4/c1-17(2)11-23(32)29-21(13-19-14-26-16-27-19)25(34)30-10-6-9-22(30)24(33)28-20(15-31)12-18-7-4-3-5-8-18/h3-5,7-8,14-17,20-22H,6,9-13H2,1-2H3,(H,26,27)(H,28,33)(H,29,32)/t20-,21-,22-/m0/s1. The summed E-state index contributed by atoms with van der Waals surface area (Å²) < 4.78 is 0. The van der Waals surface area contributed by atoms with Crippen LogP contribution in [0.4, 0.5) is 0 Å². The molecule has 182 valence electrons. The quantitative estimate of drug-likeness (QED) is 0.431. The van der Waals surface area contributed by atoms with E-state index in [0.29, 0.717) is 37.9 Å². The lowest BCUT2D eigenvalue weighted by atomic mass is 10.1. The summed E-state index contributed by atoms with van der Waals surface area (Å²) in [6.45, 7) is 4.29. The largest absolute Gasteiger partial charge is 0.348 e. The minimum atomic E-state index is -0.814. The molecule has 0 unspecified atom stereocenters. The van der Waals surface area contributed by atoms with E-state index in [4.69, 9.17) is 0 Å². The summed E-state index contributed by atoms with van der Waals surface area (Å²) in [5, 5.41) is 5.63. The number of benzene rings is 1. The van der Waals surface area contributed by atoms with Gasteiger partial charge in [-0.2, -0.15) is 0 Å². The molecule has 0 spiro atoms. The lowest BCUT2D eigenvalue weighted by molar-refractivity contribution is -0.141. The summed E-state index contributed by atoms with van der Waals surface area (Å²) >= 11 is 0. The van der Waals surface area contributed by atoms with Crippen LogP contribution >= 0.6 is 0 Å². The fourth-order valence-corrected chi connectivity index (χ4v) is 4.22. The molecule has 1 aliphatic rings. The first-order valence-corrected chi connectivity index (χ1v) is 11.7. The number of carbonyl (C=O) groups excluding carboxylic acids is 4. The topological polar surface area (TPSA) is 124 Å². The van der Waals surface area contributed by atoms with Gasteiger partial charge in [-0.05, 0) is 30.7 Å².